The van der Waals surface area contributed by atoms with Crippen molar-refractivity contribution in [1.82, 2.24) is 52.3 Å². The van der Waals surface area contributed by atoms with Crippen LogP contribution in [-0.2, 0) is 51.2 Å². The maximum Gasteiger partial charge on any atom is 0.246 e. The second-order valence-corrected chi connectivity index (χ2v) is 24.6. The van der Waals surface area contributed by atoms with E-state index in [1.165, 1.54) is 11.1 Å². The number of nitrogens with one attached hydrogen (secondary N) is 8. The highest BCUT2D eigenvalue weighted by atomic mass is 16.2. The van der Waals surface area contributed by atoms with E-state index in [0.29, 0.717) is 12.8 Å². The van der Waals surface area contributed by atoms with Crippen LogP contribution in [0.15, 0.2) is 48.5 Å². The third kappa shape index (κ3) is 16.4. The van der Waals surface area contributed by atoms with E-state index in [0.717, 1.165) is 75.3 Å². The number of aryl methyl sites for hydroxylation is 2. The van der Waals surface area contributed by atoms with E-state index < -0.39 is 59.2 Å². The van der Waals surface area contributed by atoms with Crippen molar-refractivity contribution in [3.8, 4) is 0 Å². The normalized spacial score (nSPS) is 22.6. The SMILES string of the molecule is CN[C@@H](C)C(=O)N[C@H](C(=O)N1C[C@@H](NC(=O)CCCCCCCCC(=O)N[C@H]2C[C@@H](C(=O)N[C@@H]3CCCc4ccccc43)N(C(=O)[C@@H](NC(=O)[C@H](C)NC)C(C)(C)C)C2)CC1C(=O)N[C@@H]1CCCc2ccccc21)C(C)(C)C. The molecule has 0 bridgehead atoms. The highest BCUT2D eigenvalue weighted by Crippen LogP contribution is 2.34. The highest BCUT2D eigenvalue weighted by Gasteiger charge is 2.48. The summed E-state index contributed by atoms with van der Waals surface area (Å²) in [4.78, 5) is 114. The molecule has 8 amide bonds. The van der Waals surface area contributed by atoms with Gasteiger partial charge in [0.05, 0.1) is 24.2 Å². The number of likely N-dealkylation sites (tertiary alicyclic amines) is 2. The molecule has 6 rings (SSSR count). The molecule has 2 saturated heterocycles. The molecule has 0 spiro atoms. The van der Waals surface area contributed by atoms with Gasteiger partial charge >= 0.3 is 0 Å². The van der Waals surface area contributed by atoms with Crippen LogP contribution in [0.5, 0.6) is 0 Å². The summed E-state index contributed by atoms with van der Waals surface area (Å²) in [6, 6.07) is 10.4. The van der Waals surface area contributed by atoms with Gasteiger partial charge in [-0.15, -0.1) is 0 Å². The molecule has 2 aromatic rings. The average molecular weight is 1080 g/mol. The fourth-order valence-electron chi connectivity index (χ4n) is 11.5. The lowest BCUT2D eigenvalue weighted by atomic mass is 9.85. The zero-order chi connectivity index (χ0) is 56.9. The van der Waals surface area contributed by atoms with Gasteiger partial charge in [0, 0.05) is 38.0 Å². The molecule has 78 heavy (non-hydrogen) atoms. The molecule has 18 heteroatoms. The Morgan fingerprint density at radius 3 is 1.24 bits per heavy atom. The fourth-order valence-corrected chi connectivity index (χ4v) is 11.5. The van der Waals surface area contributed by atoms with Crippen LogP contribution in [0.3, 0.4) is 0 Å². The van der Waals surface area contributed by atoms with Crippen molar-refractivity contribution in [1.29, 1.82) is 0 Å². The Balaban J connectivity index is 0.978. The molecule has 430 valence electrons. The summed E-state index contributed by atoms with van der Waals surface area (Å²) < 4.78 is 0. The zero-order valence-corrected chi connectivity index (χ0v) is 48.3. The van der Waals surface area contributed by atoms with E-state index in [-0.39, 0.29) is 98.1 Å². The van der Waals surface area contributed by atoms with Gasteiger partial charge in [0.25, 0.3) is 0 Å². The third-order valence-electron chi connectivity index (χ3n) is 16.4. The van der Waals surface area contributed by atoms with Gasteiger partial charge < -0.3 is 52.3 Å². The van der Waals surface area contributed by atoms with Crippen LogP contribution in [0.1, 0.15) is 180 Å². The summed E-state index contributed by atoms with van der Waals surface area (Å²) in [5.41, 5.74) is 3.23. The second-order valence-electron chi connectivity index (χ2n) is 24.6. The molecule has 0 radical (unpaired) electrons. The van der Waals surface area contributed by atoms with Crippen molar-refractivity contribution in [3.63, 3.8) is 0 Å². The average Bonchev–Trinajstić information content (AvgIpc) is 4.10. The maximum atomic E-state index is 14.5. The minimum Gasteiger partial charge on any atom is -0.351 e. The fraction of sp³-hybridized carbons (Fsp3) is 0.667. The Morgan fingerprint density at radius 2 is 0.885 bits per heavy atom. The topological polar surface area (TPSA) is 239 Å². The lowest BCUT2D eigenvalue weighted by molar-refractivity contribution is -0.144. The quantitative estimate of drug-likeness (QED) is 0.0698. The predicted molar refractivity (Wildman–Crippen MR) is 301 cm³/mol. The molecule has 2 aromatic carbocycles. The van der Waals surface area contributed by atoms with Crippen LogP contribution in [0.4, 0.5) is 0 Å². The molecular weight excluding hydrogens is 989 g/mol. The van der Waals surface area contributed by atoms with Gasteiger partial charge in [-0.1, -0.05) is 116 Å². The number of unbranched alkanes of at least 4 members (excludes halogenated alkanes) is 5. The summed E-state index contributed by atoms with van der Waals surface area (Å²) in [6.45, 7) is 15.0. The van der Waals surface area contributed by atoms with Crippen LogP contribution in [0.2, 0.25) is 0 Å². The van der Waals surface area contributed by atoms with E-state index in [2.05, 4.69) is 54.7 Å². The van der Waals surface area contributed by atoms with Crippen molar-refractivity contribution >= 4 is 47.3 Å². The number of nitrogens with zero attached hydrogens (tertiary/aromatic N) is 2. The first-order valence-electron chi connectivity index (χ1n) is 28.9. The Kier molecular flexibility index (Phi) is 21.9. The van der Waals surface area contributed by atoms with Crippen molar-refractivity contribution in [2.45, 2.75) is 219 Å². The Morgan fingerprint density at radius 1 is 0.526 bits per heavy atom. The number of fused-ring (bicyclic) bond motifs is 2. The second kappa shape index (κ2) is 27.8. The number of rotatable bonds is 23. The minimum absolute atomic E-state index is 0.137. The summed E-state index contributed by atoms with van der Waals surface area (Å²) in [6.07, 6.45) is 11.1. The lowest BCUT2D eigenvalue weighted by Gasteiger charge is -2.36. The molecule has 2 aliphatic heterocycles. The van der Waals surface area contributed by atoms with Crippen LogP contribution in [0.25, 0.3) is 0 Å². The van der Waals surface area contributed by atoms with Gasteiger partial charge in [0.1, 0.15) is 24.2 Å². The van der Waals surface area contributed by atoms with Gasteiger partial charge in [0.15, 0.2) is 0 Å². The monoisotopic (exact) mass is 1080 g/mol. The molecule has 8 N–H and O–H groups in total. The number of hydrogen-bond donors (Lipinski definition) is 8. The Bertz CT molecular complexity index is 2270. The predicted octanol–water partition coefficient (Wildman–Crippen LogP) is 4.94. The van der Waals surface area contributed by atoms with Crippen LogP contribution in [-0.4, -0.2) is 133 Å². The molecular formula is C60H92N10O8. The molecule has 10 atom stereocenters. The van der Waals surface area contributed by atoms with E-state index in [9.17, 15) is 38.4 Å². The number of carbonyl (C=O) groups is 8. The first-order valence-corrected chi connectivity index (χ1v) is 28.9. The summed E-state index contributed by atoms with van der Waals surface area (Å²) in [7, 11) is 3.35. The highest BCUT2D eigenvalue weighted by molar-refractivity contribution is 5.95. The van der Waals surface area contributed by atoms with E-state index in [4.69, 9.17) is 0 Å². The van der Waals surface area contributed by atoms with Crippen molar-refractivity contribution in [2.24, 2.45) is 10.8 Å². The molecule has 1 unspecified atom stereocenters. The van der Waals surface area contributed by atoms with Crippen LogP contribution < -0.4 is 42.5 Å². The third-order valence-corrected chi connectivity index (χ3v) is 16.4. The largest absolute Gasteiger partial charge is 0.351 e. The molecule has 2 fully saturated rings. The zero-order valence-electron chi connectivity index (χ0n) is 48.3. The first-order chi connectivity index (χ1) is 37.0. The minimum atomic E-state index is -0.911. The number of carbonyl (C=O) groups excluding carboxylic acids is 8. The van der Waals surface area contributed by atoms with Gasteiger partial charge in [-0.25, -0.2) is 0 Å². The van der Waals surface area contributed by atoms with Gasteiger partial charge in [-0.3, -0.25) is 38.4 Å². The molecule has 0 saturated carbocycles. The van der Waals surface area contributed by atoms with E-state index >= 15 is 0 Å². The van der Waals surface area contributed by atoms with Gasteiger partial charge in [-0.05, 0) is 125 Å². The molecule has 0 aromatic heterocycles. The smallest absolute Gasteiger partial charge is 0.246 e. The standard InChI is InChI=1S/C60H92N10O8/c1-37(61-9)53(73)67-51(59(3,4)5)57(77)69-35-41(33-47(69)55(75)65-45-29-21-25-39-23-17-19-27-43(39)45)63-49(71)31-15-13-11-12-14-16-32-50(72)64-42-34-48(56(76)66-46-30-22-26-40-24-18-20-28-44(40)46)70(36-42)58(78)52(60(6,7)8)68-54(74)38(2)62-10/h17-20,23-24,27-28,37-38,41-42,45-48,51-52,61-62H,11-16,21-22,25-26,29-36H2,1-10H3,(H,63,71)(H,64,72)(H,65,75)(H,66,76)(H,67,73)(H,68,74)/t37-,38-,41-,42-,45+,46+,47-,48?,51+,52+/m0/s1. The summed E-state index contributed by atoms with van der Waals surface area (Å²) in [5, 5.41) is 24.4. The summed E-state index contributed by atoms with van der Waals surface area (Å²) >= 11 is 0. The van der Waals surface area contributed by atoms with Crippen molar-refractivity contribution in [2.75, 3.05) is 27.2 Å². The molecule has 2 heterocycles. The van der Waals surface area contributed by atoms with E-state index in [1.54, 1.807) is 37.7 Å². The van der Waals surface area contributed by atoms with Gasteiger partial charge in [-0.2, -0.15) is 0 Å². The molecule has 4 aliphatic rings. The maximum absolute atomic E-state index is 14.5. The molecule has 18 nitrogen and oxygen atoms in total. The number of likely N-dealkylation sites (N-methyl/N-ethyl adjacent to an activating group) is 2. The lowest BCUT2D eigenvalue weighted by Crippen LogP contribution is -2.59. The molecule has 2 aliphatic carbocycles. The van der Waals surface area contributed by atoms with Crippen LogP contribution in [0, 0.1) is 10.8 Å². The Hall–Kier alpha value is -5.88. The first kappa shape index (κ1) is 61.3. The summed E-state index contributed by atoms with van der Waals surface area (Å²) in [5.74, 6) is -2.23. The van der Waals surface area contributed by atoms with Crippen molar-refractivity contribution < 1.29 is 38.4 Å². The van der Waals surface area contributed by atoms with Crippen LogP contribution >= 0.6 is 0 Å². The Labute approximate surface area is 463 Å². The van der Waals surface area contributed by atoms with Crippen molar-refractivity contribution in [3.05, 3.63) is 70.8 Å². The number of hydrogen-bond acceptors (Lipinski definition) is 10. The van der Waals surface area contributed by atoms with Gasteiger partial charge in [0.2, 0.25) is 47.3 Å². The van der Waals surface area contributed by atoms with E-state index in [1.807, 2.05) is 77.9 Å². The number of benzene rings is 2. The number of amides is 8.